The van der Waals surface area contributed by atoms with Crippen LogP contribution in [0.1, 0.15) is 37.8 Å². The van der Waals surface area contributed by atoms with Gasteiger partial charge in [0.1, 0.15) is 0 Å². The van der Waals surface area contributed by atoms with Crippen LogP contribution in [0, 0.1) is 11.3 Å². The predicted octanol–water partition coefficient (Wildman–Crippen LogP) is 2.32. The molecule has 0 radical (unpaired) electrons. The summed E-state index contributed by atoms with van der Waals surface area (Å²) in [4.78, 5) is 12.3. The second kappa shape index (κ2) is 4.67. The highest BCUT2D eigenvalue weighted by molar-refractivity contribution is 7.07. The average molecular weight is 264 g/mol. The lowest BCUT2D eigenvalue weighted by atomic mass is 9.91. The Balaban J connectivity index is 1.57. The lowest BCUT2D eigenvalue weighted by Gasteiger charge is -2.23. The molecule has 1 amide bonds. The third-order valence-electron chi connectivity index (χ3n) is 4.51. The first-order valence-electron chi connectivity index (χ1n) is 6.74. The zero-order valence-electron chi connectivity index (χ0n) is 10.7. The second-order valence-electron chi connectivity index (χ2n) is 5.66. The van der Waals surface area contributed by atoms with Crippen molar-refractivity contribution in [1.82, 2.24) is 10.6 Å². The number of hydrogen-bond acceptors (Lipinski definition) is 3. The minimum atomic E-state index is 0.142. The van der Waals surface area contributed by atoms with E-state index in [1.54, 1.807) is 11.3 Å². The number of nitrogens with one attached hydrogen (secondary N) is 2. The fourth-order valence-corrected chi connectivity index (χ4v) is 3.87. The Morgan fingerprint density at radius 2 is 2.33 bits per heavy atom. The van der Waals surface area contributed by atoms with Gasteiger partial charge in [0, 0.05) is 5.92 Å². The quantitative estimate of drug-likeness (QED) is 0.879. The lowest BCUT2D eigenvalue weighted by Crippen LogP contribution is -2.34. The molecule has 0 bridgehead atoms. The Hall–Kier alpha value is -0.870. The molecule has 1 saturated heterocycles. The molecule has 1 saturated carbocycles. The smallest absolute Gasteiger partial charge is 0.224 e. The van der Waals surface area contributed by atoms with Crippen molar-refractivity contribution in [3.63, 3.8) is 0 Å². The Kier molecular flexibility index (Phi) is 3.16. The van der Waals surface area contributed by atoms with Crippen LogP contribution in [-0.4, -0.2) is 19.0 Å². The van der Waals surface area contributed by atoms with E-state index in [0.29, 0.717) is 5.41 Å². The summed E-state index contributed by atoms with van der Waals surface area (Å²) >= 11 is 1.68. The van der Waals surface area contributed by atoms with Crippen molar-refractivity contribution in [2.24, 2.45) is 11.3 Å². The molecular formula is C14H20N2OS. The van der Waals surface area contributed by atoms with Crippen molar-refractivity contribution in [2.45, 2.75) is 32.2 Å². The van der Waals surface area contributed by atoms with E-state index in [1.807, 2.05) is 0 Å². The van der Waals surface area contributed by atoms with Crippen molar-refractivity contribution in [3.8, 4) is 0 Å². The molecule has 98 valence electrons. The summed E-state index contributed by atoms with van der Waals surface area (Å²) < 4.78 is 0. The van der Waals surface area contributed by atoms with Crippen molar-refractivity contribution >= 4 is 17.2 Å². The van der Waals surface area contributed by atoms with Gasteiger partial charge in [-0.2, -0.15) is 11.3 Å². The number of amides is 1. The van der Waals surface area contributed by atoms with Crippen LogP contribution in [0.3, 0.4) is 0 Å². The Morgan fingerprint density at radius 3 is 3.00 bits per heavy atom. The molecule has 1 spiro atoms. The van der Waals surface area contributed by atoms with Crippen molar-refractivity contribution < 1.29 is 4.79 Å². The van der Waals surface area contributed by atoms with Crippen LogP contribution in [-0.2, 0) is 4.79 Å². The highest BCUT2D eigenvalue weighted by atomic mass is 32.1. The number of piperidine rings is 1. The van der Waals surface area contributed by atoms with Crippen LogP contribution >= 0.6 is 11.3 Å². The van der Waals surface area contributed by atoms with Crippen LogP contribution in [0.15, 0.2) is 16.8 Å². The molecule has 3 rings (SSSR count). The topological polar surface area (TPSA) is 41.1 Å². The summed E-state index contributed by atoms with van der Waals surface area (Å²) in [5.41, 5.74) is 1.55. The average Bonchev–Trinajstić information content (AvgIpc) is 2.84. The standard InChI is InChI=1S/C14H20N2OS/c1-10(11-2-7-18-9-11)16-13(17)12-8-14(12)3-5-15-6-4-14/h2,7,9-10,12,15H,3-6,8H2,1H3,(H,16,17). The maximum atomic E-state index is 12.3. The summed E-state index contributed by atoms with van der Waals surface area (Å²) in [6.45, 7) is 4.21. The van der Waals surface area contributed by atoms with Gasteiger partial charge in [0.05, 0.1) is 6.04 Å². The Bertz CT molecular complexity index is 423. The van der Waals surface area contributed by atoms with E-state index >= 15 is 0 Å². The van der Waals surface area contributed by atoms with Crippen LogP contribution in [0.5, 0.6) is 0 Å². The van der Waals surface area contributed by atoms with E-state index in [2.05, 4.69) is 34.4 Å². The third kappa shape index (κ3) is 2.19. The van der Waals surface area contributed by atoms with Crippen molar-refractivity contribution in [2.75, 3.05) is 13.1 Å². The van der Waals surface area contributed by atoms with Gasteiger partial charge < -0.3 is 10.6 Å². The number of carbonyl (C=O) groups excluding carboxylic acids is 1. The van der Waals surface area contributed by atoms with Gasteiger partial charge in [-0.15, -0.1) is 0 Å². The maximum absolute atomic E-state index is 12.3. The van der Waals surface area contributed by atoms with Gasteiger partial charge >= 0.3 is 0 Å². The maximum Gasteiger partial charge on any atom is 0.224 e. The van der Waals surface area contributed by atoms with Gasteiger partial charge in [-0.1, -0.05) is 0 Å². The van der Waals surface area contributed by atoms with E-state index in [4.69, 9.17) is 0 Å². The minimum Gasteiger partial charge on any atom is -0.349 e. The molecule has 2 aliphatic rings. The lowest BCUT2D eigenvalue weighted by molar-refractivity contribution is -0.123. The molecule has 4 heteroatoms. The highest BCUT2D eigenvalue weighted by Crippen LogP contribution is 2.58. The molecule has 2 fully saturated rings. The summed E-state index contributed by atoms with van der Waals surface area (Å²) in [7, 11) is 0. The molecule has 2 atom stereocenters. The fraction of sp³-hybridized carbons (Fsp3) is 0.643. The summed E-state index contributed by atoms with van der Waals surface area (Å²) in [5.74, 6) is 0.524. The predicted molar refractivity (Wildman–Crippen MR) is 73.5 cm³/mol. The van der Waals surface area contributed by atoms with E-state index < -0.39 is 0 Å². The van der Waals surface area contributed by atoms with Crippen molar-refractivity contribution in [3.05, 3.63) is 22.4 Å². The number of thiophene rings is 1. The molecule has 1 aliphatic carbocycles. The van der Waals surface area contributed by atoms with Crippen LogP contribution in [0.4, 0.5) is 0 Å². The van der Waals surface area contributed by atoms with Gasteiger partial charge in [-0.25, -0.2) is 0 Å². The van der Waals surface area contributed by atoms with Crippen molar-refractivity contribution in [1.29, 1.82) is 0 Å². The SMILES string of the molecule is CC(NC(=O)C1CC12CCNCC2)c1ccsc1. The molecule has 1 aromatic heterocycles. The van der Waals surface area contributed by atoms with E-state index in [-0.39, 0.29) is 17.9 Å². The highest BCUT2D eigenvalue weighted by Gasteiger charge is 2.57. The Morgan fingerprint density at radius 1 is 1.56 bits per heavy atom. The minimum absolute atomic E-state index is 0.142. The van der Waals surface area contributed by atoms with E-state index in [0.717, 1.165) is 32.4 Å². The first kappa shape index (κ1) is 12.2. The Labute approximate surface area is 112 Å². The molecule has 2 unspecified atom stereocenters. The number of carbonyl (C=O) groups is 1. The zero-order chi connectivity index (χ0) is 12.6. The molecule has 3 nitrogen and oxygen atoms in total. The normalized spacial score (nSPS) is 26.8. The zero-order valence-corrected chi connectivity index (χ0v) is 11.6. The molecular weight excluding hydrogens is 244 g/mol. The summed E-state index contributed by atoms with van der Waals surface area (Å²) in [6, 6.07) is 2.23. The van der Waals surface area contributed by atoms with Gasteiger partial charge in [0.2, 0.25) is 5.91 Å². The van der Waals surface area contributed by atoms with E-state index in [9.17, 15) is 4.79 Å². The van der Waals surface area contributed by atoms with Gasteiger partial charge in [-0.05, 0) is 67.1 Å². The van der Waals surface area contributed by atoms with Crippen LogP contribution in [0.2, 0.25) is 0 Å². The van der Waals surface area contributed by atoms with Gasteiger partial charge in [0.25, 0.3) is 0 Å². The molecule has 2 N–H and O–H groups in total. The monoisotopic (exact) mass is 264 g/mol. The van der Waals surface area contributed by atoms with E-state index in [1.165, 1.54) is 5.56 Å². The van der Waals surface area contributed by atoms with Crippen LogP contribution in [0.25, 0.3) is 0 Å². The third-order valence-corrected chi connectivity index (χ3v) is 5.21. The molecule has 2 heterocycles. The van der Waals surface area contributed by atoms with Gasteiger partial charge in [-0.3, -0.25) is 4.79 Å². The number of rotatable bonds is 3. The van der Waals surface area contributed by atoms with Crippen LogP contribution < -0.4 is 10.6 Å². The first-order valence-corrected chi connectivity index (χ1v) is 7.69. The fourth-order valence-electron chi connectivity index (χ4n) is 3.11. The first-order chi connectivity index (χ1) is 8.71. The molecule has 0 aromatic carbocycles. The summed E-state index contributed by atoms with van der Waals surface area (Å²) in [5, 5.41) is 10.7. The number of hydrogen-bond donors (Lipinski definition) is 2. The largest absolute Gasteiger partial charge is 0.349 e. The van der Waals surface area contributed by atoms with Gasteiger partial charge in [0.15, 0.2) is 0 Å². The molecule has 1 aliphatic heterocycles. The molecule has 1 aromatic rings. The molecule has 18 heavy (non-hydrogen) atoms. The summed E-state index contributed by atoms with van der Waals surface area (Å²) in [6.07, 6.45) is 3.42. The second-order valence-corrected chi connectivity index (χ2v) is 6.44.